The van der Waals surface area contributed by atoms with Crippen LogP contribution in [0.1, 0.15) is 39.0 Å². The second kappa shape index (κ2) is 8.50. The molecular formula is C21H30ClN4O+. The Balaban J connectivity index is 1.61. The Morgan fingerprint density at radius 1 is 1.26 bits per heavy atom. The number of likely N-dealkylation sites (N-methyl/N-ethyl adjacent to an activating group) is 1. The molecule has 3 rings (SSSR count). The molecule has 27 heavy (non-hydrogen) atoms. The molecule has 0 aromatic heterocycles. The molecule has 0 unspecified atom stereocenters. The lowest BCUT2D eigenvalue weighted by Gasteiger charge is -2.42. The Hall–Kier alpha value is -1.77. The molecular weight excluding hydrogens is 360 g/mol. The normalized spacial score (nSPS) is 21.3. The molecule has 1 aromatic carbocycles. The van der Waals surface area contributed by atoms with Crippen LogP contribution in [0.15, 0.2) is 24.3 Å². The van der Waals surface area contributed by atoms with E-state index in [0.29, 0.717) is 0 Å². The summed E-state index contributed by atoms with van der Waals surface area (Å²) in [7, 11) is 1.83. The summed E-state index contributed by atoms with van der Waals surface area (Å²) in [5.41, 5.74) is 0.461. The van der Waals surface area contributed by atoms with E-state index < -0.39 is 5.54 Å². The molecule has 5 nitrogen and oxygen atoms in total. The maximum atomic E-state index is 13.1. The van der Waals surface area contributed by atoms with Crippen molar-refractivity contribution in [3.63, 3.8) is 0 Å². The van der Waals surface area contributed by atoms with Gasteiger partial charge in [-0.05, 0) is 31.9 Å². The number of carbonyl (C=O) groups is 1. The average Bonchev–Trinajstić information content (AvgIpc) is 2.73. The monoisotopic (exact) mass is 389 g/mol. The molecule has 1 aromatic rings. The molecule has 0 radical (unpaired) electrons. The minimum atomic E-state index is -0.609. The molecule has 1 atom stereocenters. The van der Waals surface area contributed by atoms with E-state index in [4.69, 9.17) is 11.6 Å². The zero-order chi connectivity index (χ0) is 19.4. The van der Waals surface area contributed by atoms with Gasteiger partial charge in [0.05, 0.1) is 43.0 Å². The van der Waals surface area contributed by atoms with Crippen LogP contribution in [0.25, 0.3) is 0 Å². The fraction of sp³-hybridized carbons (Fsp3) is 0.619. The Kier molecular flexibility index (Phi) is 6.29. The Labute approximate surface area is 167 Å². The third kappa shape index (κ3) is 4.07. The van der Waals surface area contributed by atoms with Crippen molar-refractivity contribution in [2.45, 2.75) is 50.6 Å². The summed E-state index contributed by atoms with van der Waals surface area (Å²) in [5.74, 6) is 0.0969. The highest BCUT2D eigenvalue weighted by Crippen LogP contribution is 2.32. The smallest absolute Gasteiger partial charge is 0.281 e. The van der Waals surface area contributed by atoms with Gasteiger partial charge < -0.3 is 14.7 Å². The van der Waals surface area contributed by atoms with Crippen LogP contribution in [0.5, 0.6) is 0 Å². The Morgan fingerprint density at radius 2 is 1.89 bits per heavy atom. The lowest BCUT2D eigenvalue weighted by molar-refractivity contribution is -0.915. The van der Waals surface area contributed by atoms with Crippen LogP contribution >= 0.6 is 11.6 Å². The summed E-state index contributed by atoms with van der Waals surface area (Å²) in [6.07, 6.45) is 4.82. The van der Waals surface area contributed by atoms with Crippen molar-refractivity contribution in [2.24, 2.45) is 0 Å². The quantitative estimate of drug-likeness (QED) is 0.858. The number of nitrogens with zero attached hydrogens (tertiary/aromatic N) is 3. The third-order valence-electron chi connectivity index (χ3n) is 6.44. The number of quaternary nitrogens is 1. The van der Waals surface area contributed by atoms with E-state index in [1.807, 2.05) is 32.2 Å². The number of nitriles is 1. The van der Waals surface area contributed by atoms with Crippen molar-refractivity contribution >= 4 is 23.2 Å². The predicted molar refractivity (Wildman–Crippen MR) is 108 cm³/mol. The van der Waals surface area contributed by atoms with Crippen molar-refractivity contribution in [2.75, 3.05) is 38.1 Å². The maximum absolute atomic E-state index is 13.1. The first-order valence-corrected chi connectivity index (χ1v) is 10.4. The largest absolute Gasteiger partial charge is 0.359 e. The summed E-state index contributed by atoms with van der Waals surface area (Å²) < 4.78 is 0. The van der Waals surface area contributed by atoms with Crippen LogP contribution in [0.3, 0.4) is 0 Å². The second-order valence-corrected chi connectivity index (χ2v) is 8.33. The van der Waals surface area contributed by atoms with Gasteiger partial charge in [-0.15, -0.1) is 0 Å². The fourth-order valence-corrected chi connectivity index (χ4v) is 4.77. The molecule has 0 bridgehead atoms. The summed E-state index contributed by atoms with van der Waals surface area (Å²) in [6.45, 7) is 5.55. The van der Waals surface area contributed by atoms with Gasteiger partial charge in [0.1, 0.15) is 5.54 Å². The van der Waals surface area contributed by atoms with Crippen molar-refractivity contribution in [3.8, 4) is 6.07 Å². The van der Waals surface area contributed by atoms with E-state index in [1.165, 1.54) is 4.90 Å². The Morgan fingerprint density at radius 3 is 2.48 bits per heavy atom. The fourth-order valence-electron chi connectivity index (χ4n) is 4.51. The van der Waals surface area contributed by atoms with Crippen molar-refractivity contribution in [3.05, 3.63) is 29.3 Å². The minimum Gasteiger partial charge on any atom is -0.359 e. The van der Waals surface area contributed by atoms with Gasteiger partial charge in [-0.25, -0.2) is 0 Å². The van der Waals surface area contributed by atoms with Crippen LogP contribution < -0.4 is 9.80 Å². The van der Waals surface area contributed by atoms with Gasteiger partial charge in [-0.3, -0.25) is 4.79 Å². The number of rotatable bonds is 4. The molecule has 1 saturated heterocycles. The molecule has 2 fully saturated rings. The topological polar surface area (TPSA) is 51.8 Å². The first-order chi connectivity index (χ1) is 13.0. The molecule has 1 heterocycles. The van der Waals surface area contributed by atoms with Gasteiger partial charge in [0, 0.05) is 7.05 Å². The van der Waals surface area contributed by atoms with Gasteiger partial charge in [0.25, 0.3) is 5.91 Å². The zero-order valence-corrected chi connectivity index (χ0v) is 17.1. The van der Waals surface area contributed by atoms with E-state index >= 15 is 0 Å². The van der Waals surface area contributed by atoms with Gasteiger partial charge in [-0.1, -0.05) is 43.0 Å². The lowest BCUT2D eigenvalue weighted by Crippen LogP contribution is -3.19. The van der Waals surface area contributed by atoms with Gasteiger partial charge in [0.2, 0.25) is 0 Å². The predicted octanol–water partition coefficient (Wildman–Crippen LogP) is 2.12. The van der Waals surface area contributed by atoms with E-state index in [1.54, 1.807) is 4.90 Å². The number of halogens is 1. The average molecular weight is 390 g/mol. The summed E-state index contributed by atoms with van der Waals surface area (Å²) in [5, 5.41) is 10.5. The zero-order valence-electron chi connectivity index (χ0n) is 16.4. The number of hydrogen-bond acceptors (Lipinski definition) is 3. The van der Waals surface area contributed by atoms with Crippen LogP contribution in [0.4, 0.5) is 5.69 Å². The first kappa shape index (κ1) is 20.0. The van der Waals surface area contributed by atoms with Crippen molar-refractivity contribution in [1.29, 1.82) is 5.26 Å². The molecule has 2 aliphatic rings. The van der Waals surface area contributed by atoms with Crippen molar-refractivity contribution < 1.29 is 9.69 Å². The summed E-state index contributed by atoms with van der Waals surface area (Å²) in [6, 6.07) is 10.3. The SMILES string of the molecule is C[C@@H](C(=O)N(C)C1(C#N)CCCCC1)[NH+]1CCN(c2ccccc2Cl)CC1. The first-order valence-electron chi connectivity index (χ1n) is 10.0. The van der Waals surface area contributed by atoms with Gasteiger partial charge in [-0.2, -0.15) is 5.26 Å². The van der Waals surface area contributed by atoms with E-state index in [-0.39, 0.29) is 11.9 Å². The molecule has 1 N–H and O–H groups in total. The summed E-state index contributed by atoms with van der Waals surface area (Å²) >= 11 is 6.33. The summed E-state index contributed by atoms with van der Waals surface area (Å²) in [4.78, 5) is 18.5. The number of amides is 1. The van der Waals surface area contributed by atoms with Crippen LogP contribution in [-0.2, 0) is 4.79 Å². The molecule has 1 aliphatic heterocycles. The molecule has 146 valence electrons. The molecule has 1 aliphatic carbocycles. The lowest BCUT2D eigenvalue weighted by atomic mass is 9.81. The molecule has 1 amide bonds. The standard InChI is InChI=1S/C21H29ClN4O/c1-17(20(27)24(2)21(16-23)10-6-3-7-11-21)25-12-14-26(15-13-25)19-9-5-4-8-18(19)22/h4-5,8-9,17H,3,6-7,10-15H2,1-2H3/p+1/t17-/m0/s1. The van der Waals surface area contributed by atoms with E-state index in [9.17, 15) is 10.1 Å². The van der Waals surface area contributed by atoms with Gasteiger partial charge in [0.15, 0.2) is 6.04 Å². The third-order valence-corrected chi connectivity index (χ3v) is 6.76. The number of anilines is 1. The van der Waals surface area contributed by atoms with Crippen LogP contribution in [0, 0.1) is 11.3 Å². The van der Waals surface area contributed by atoms with Crippen LogP contribution in [-0.4, -0.2) is 55.6 Å². The highest BCUT2D eigenvalue weighted by atomic mass is 35.5. The number of piperazine rings is 1. The molecule has 0 spiro atoms. The number of para-hydroxylation sites is 1. The van der Waals surface area contributed by atoms with E-state index in [0.717, 1.165) is 69.0 Å². The van der Waals surface area contributed by atoms with Crippen LogP contribution in [0.2, 0.25) is 5.02 Å². The van der Waals surface area contributed by atoms with E-state index in [2.05, 4.69) is 17.0 Å². The highest BCUT2D eigenvalue weighted by molar-refractivity contribution is 6.33. The van der Waals surface area contributed by atoms with Crippen molar-refractivity contribution in [1.82, 2.24) is 4.90 Å². The number of nitrogens with one attached hydrogen (secondary N) is 1. The molecule has 1 saturated carbocycles. The number of benzene rings is 1. The second-order valence-electron chi connectivity index (χ2n) is 7.92. The Bertz CT molecular complexity index is 702. The highest BCUT2D eigenvalue weighted by Gasteiger charge is 2.42. The minimum absolute atomic E-state index is 0.0969. The number of hydrogen-bond donors (Lipinski definition) is 1. The molecule has 6 heteroatoms. The number of carbonyl (C=O) groups excluding carboxylic acids is 1. The van der Waals surface area contributed by atoms with Gasteiger partial charge >= 0.3 is 0 Å². The maximum Gasteiger partial charge on any atom is 0.281 e.